The Morgan fingerprint density at radius 1 is 0.229 bits per heavy atom. The topological polar surface area (TPSA) is 552 Å². The van der Waals surface area contributed by atoms with E-state index in [0.29, 0.717) is 6.07 Å². The molecule has 0 saturated carbocycles. The second-order valence-electron chi connectivity index (χ2n) is 26.3. The summed E-state index contributed by atoms with van der Waals surface area (Å²) < 4.78 is 31.7. The van der Waals surface area contributed by atoms with Crippen LogP contribution in [0.25, 0.3) is 0 Å². The van der Waals surface area contributed by atoms with Crippen molar-refractivity contribution >= 4 is 0 Å². The smallest absolute Gasteiger partial charge is 0.157 e. The molecule has 10 aromatic carbocycles. The lowest BCUT2D eigenvalue weighted by atomic mass is 9.71. The summed E-state index contributed by atoms with van der Waals surface area (Å²) in [5, 5.41) is 294. The molecule has 0 aliphatic carbocycles. The quantitative estimate of drug-likeness (QED) is 0.0628. The molecule has 0 bridgehead atoms. The van der Waals surface area contributed by atoms with Crippen LogP contribution in [-0.2, 0) is 6.42 Å². The molecule has 0 amide bonds. The van der Waals surface area contributed by atoms with E-state index in [1.54, 1.807) is 0 Å². The van der Waals surface area contributed by atoms with Gasteiger partial charge in [0.15, 0.2) is 81.9 Å². The Bertz CT molecular complexity index is 5270. The van der Waals surface area contributed by atoms with Crippen LogP contribution >= 0.6 is 0 Å². The number of aliphatic hydroxyl groups excluding tert-OH is 5. The van der Waals surface area contributed by atoms with Crippen LogP contribution in [0, 0.1) is 0 Å². The van der Waals surface area contributed by atoms with E-state index in [-0.39, 0.29) is 44.9 Å². The molecule has 105 heavy (non-hydrogen) atoms. The first kappa shape index (κ1) is 67.8. The predicted octanol–water partition coefficient (Wildman–Crippen LogP) is 7.34. The van der Waals surface area contributed by atoms with E-state index in [1.165, 1.54) is 24.3 Å². The van der Waals surface area contributed by atoms with E-state index in [1.807, 2.05) is 0 Å². The van der Waals surface area contributed by atoms with E-state index in [0.717, 1.165) is 97.1 Å². The van der Waals surface area contributed by atoms with E-state index in [4.69, 9.17) is 23.7 Å². The number of ether oxygens (including phenoxy) is 5. The molecule has 5 aliphatic rings. The van der Waals surface area contributed by atoms with Crippen LogP contribution in [0.3, 0.4) is 0 Å². The third kappa shape index (κ3) is 10.7. The first-order valence-corrected chi connectivity index (χ1v) is 32.1. The maximum Gasteiger partial charge on any atom is 0.157 e. The highest BCUT2D eigenvalue weighted by molar-refractivity contribution is 5.75. The minimum atomic E-state index is -2.30. The number of phenols is 20. The highest BCUT2D eigenvalue weighted by Crippen LogP contribution is 2.66. The van der Waals surface area contributed by atoms with Gasteiger partial charge >= 0.3 is 0 Å². The SMILES string of the molecule is Oc1cc(O)c2c(c1)OC(c1ccc(O)c(O)c1)C(O)C2c1c(O)cc2c(c1O)C(c1c(O)cc3c(c1O)C(c1c(O)cc(O)c4c1OC(c1ccc(O)c(O)c1)C(O)C4c1c(O)cc4c(c1O)CC(O)C(c1ccc(O)c(O)c1)O4)C(O)C(c1ccc(O)c(O)c1)O3)C(O)C(c1ccc(O)c(O)c1)O2. The van der Waals surface area contributed by atoms with Gasteiger partial charge in [0.25, 0.3) is 0 Å². The lowest BCUT2D eigenvalue weighted by molar-refractivity contribution is -0.00434. The molecule has 0 aromatic heterocycles. The van der Waals surface area contributed by atoms with Gasteiger partial charge in [-0.25, -0.2) is 0 Å². The Morgan fingerprint density at radius 3 is 0.895 bits per heavy atom. The van der Waals surface area contributed by atoms with Crippen LogP contribution in [-0.4, -0.2) is 158 Å². The average Bonchev–Trinajstić information content (AvgIpc) is 0.710. The summed E-state index contributed by atoms with van der Waals surface area (Å²) in [4.78, 5) is 0. The highest BCUT2D eigenvalue weighted by Gasteiger charge is 2.54. The molecule has 30 heteroatoms. The Hall–Kier alpha value is -13.0. The van der Waals surface area contributed by atoms with Gasteiger partial charge in [0.1, 0.15) is 117 Å². The average molecular weight is 1440 g/mol. The zero-order chi connectivity index (χ0) is 74.7. The van der Waals surface area contributed by atoms with Crippen molar-refractivity contribution in [3.8, 4) is 144 Å². The standard InChI is InChI=1S/C75H62O30/c76-28-16-40(87)51-48(17-28)102-71(24-2-7-31(78)36(83)12-24)66(97)59(51)53-44(91)21-49-57(64(53)95)61(68(99)72(103-49)25-3-8-32(79)37(84)13-25)54-45(92)22-50-58(65(54)96)62(69(100)73(104-50)26-4-9-33(80)38(85)14-26)56-42(89)19-41(88)55-60(67(98)74(105-75(55)56)27-5-10-34(81)39(86)15-27)52-43(90)20-47-29(63(52)94)18-46(93)70(101-47)23-1-6-30(77)35(82)11-23/h1-17,19-22,46,59-62,66-74,76-100H,18H2. The maximum atomic E-state index is 13.7. The lowest BCUT2D eigenvalue weighted by Gasteiger charge is -2.43. The molecule has 30 nitrogen and oxygen atoms in total. The van der Waals surface area contributed by atoms with Crippen LogP contribution in [0.2, 0.25) is 0 Å². The van der Waals surface area contributed by atoms with Crippen LogP contribution in [0.4, 0.5) is 0 Å². The van der Waals surface area contributed by atoms with Gasteiger partial charge in [-0.05, 0) is 88.5 Å². The van der Waals surface area contributed by atoms with Crippen molar-refractivity contribution in [2.75, 3.05) is 0 Å². The minimum Gasteiger partial charge on any atom is -0.508 e. The van der Waals surface area contributed by atoms with Gasteiger partial charge in [0.05, 0.1) is 29.8 Å². The summed E-state index contributed by atoms with van der Waals surface area (Å²) in [5.41, 5.74) is -5.90. The summed E-state index contributed by atoms with van der Waals surface area (Å²) >= 11 is 0. The fraction of sp³-hybridized carbons (Fsp3) is 0.200. The molecule has 0 spiro atoms. The predicted molar refractivity (Wildman–Crippen MR) is 356 cm³/mol. The zero-order valence-electron chi connectivity index (χ0n) is 53.6. The van der Waals surface area contributed by atoms with Crippen LogP contribution < -0.4 is 23.7 Å². The van der Waals surface area contributed by atoms with Crippen LogP contribution in [0.5, 0.6) is 144 Å². The molecule has 5 aliphatic heterocycles. The van der Waals surface area contributed by atoms with E-state index >= 15 is 0 Å². The Morgan fingerprint density at radius 2 is 0.514 bits per heavy atom. The first-order valence-electron chi connectivity index (χ1n) is 32.1. The number of rotatable bonds is 9. The Kier molecular flexibility index (Phi) is 15.9. The maximum absolute atomic E-state index is 13.7. The normalized spacial score (nSPS) is 24.2. The Labute approximate surface area is 589 Å². The molecular formula is C75H62O30. The summed E-state index contributed by atoms with van der Waals surface area (Å²) in [6.07, 6.45) is -19.4. The van der Waals surface area contributed by atoms with Crippen molar-refractivity contribution in [3.63, 3.8) is 0 Å². The van der Waals surface area contributed by atoms with Crippen molar-refractivity contribution in [2.45, 2.75) is 91.1 Å². The highest BCUT2D eigenvalue weighted by atomic mass is 16.5. The summed E-state index contributed by atoms with van der Waals surface area (Å²) in [7, 11) is 0. The van der Waals surface area contributed by atoms with Gasteiger partial charge in [-0.1, -0.05) is 30.3 Å². The number of benzene rings is 10. The Balaban J connectivity index is 0.969. The van der Waals surface area contributed by atoms with Crippen molar-refractivity contribution in [2.24, 2.45) is 0 Å². The van der Waals surface area contributed by atoms with Gasteiger partial charge in [0, 0.05) is 92.9 Å². The molecule has 0 radical (unpaired) electrons. The van der Waals surface area contributed by atoms with Gasteiger partial charge in [-0.3, -0.25) is 0 Å². The molecule has 5 heterocycles. The fourth-order valence-electron chi connectivity index (χ4n) is 15.4. The fourth-order valence-corrected chi connectivity index (χ4v) is 15.4. The van der Waals surface area contributed by atoms with Crippen molar-refractivity contribution < 1.29 is 151 Å². The largest absolute Gasteiger partial charge is 0.508 e. The van der Waals surface area contributed by atoms with E-state index < -0.39 is 268 Å². The van der Waals surface area contributed by atoms with Crippen molar-refractivity contribution in [1.82, 2.24) is 0 Å². The molecule has 15 rings (SSSR count). The van der Waals surface area contributed by atoms with Crippen molar-refractivity contribution in [1.29, 1.82) is 0 Å². The molecule has 14 atom stereocenters. The van der Waals surface area contributed by atoms with Gasteiger partial charge in [-0.15, -0.1) is 0 Å². The molecular weight excluding hydrogens is 1380 g/mol. The number of hydrogen-bond acceptors (Lipinski definition) is 30. The van der Waals surface area contributed by atoms with E-state index in [9.17, 15) is 128 Å². The summed E-state index contributed by atoms with van der Waals surface area (Å²) in [5.74, 6) is -27.1. The summed E-state index contributed by atoms with van der Waals surface area (Å²) in [6, 6.07) is 21.5. The van der Waals surface area contributed by atoms with Gasteiger partial charge < -0.3 is 151 Å². The molecule has 542 valence electrons. The zero-order valence-corrected chi connectivity index (χ0v) is 53.6. The number of aromatic hydroxyl groups is 20. The van der Waals surface area contributed by atoms with Crippen molar-refractivity contribution in [3.05, 3.63) is 205 Å². The number of aliphatic hydroxyl groups is 5. The molecule has 14 unspecified atom stereocenters. The third-order valence-electron chi connectivity index (χ3n) is 20.2. The monoisotopic (exact) mass is 1440 g/mol. The number of hydrogen-bond donors (Lipinski definition) is 25. The van der Waals surface area contributed by atoms with Gasteiger partial charge in [-0.2, -0.15) is 0 Å². The third-order valence-corrected chi connectivity index (χ3v) is 20.2. The first-order chi connectivity index (χ1) is 49.9. The minimum absolute atomic E-state index is 0.0543. The van der Waals surface area contributed by atoms with E-state index in [2.05, 4.69) is 0 Å². The molecule has 10 aromatic rings. The molecule has 0 fully saturated rings. The van der Waals surface area contributed by atoms with Gasteiger partial charge in [0.2, 0.25) is 0 Å². The molecule has 25 N–H and O–H groups in total. The van der Waals surface area contributed by atoms with Crippen LogP contribution in [0.1, 0.15) is 132 Å². The number of phenolic OH excluding ortho intramolecular Hbond substituents is 20. The lowest BCUT2D eigenvalue weighted by Crippen LogP contribution is -2.39. The molecule has 0 saturated heterocycles. The second-order valence-corrected chi connectivity index (χ2v) is 26.3. The number of fused-ring (bicyclic) bond motifs is 5. The second kappa shape index (κ2) is 24.6. The summed E-state index contributed by atoms with van der Waals surface area (Å²) in [6.45, 7) is 0. The van der Waals surface area contributed by atoms with Crippen LogP contribution in [0.15, 0.2) is 127 Å².